The van der Waals surface area contributed by atoms with Crippen molar-refractivity contribution in [3.05, 3.63) is 55.6 Å². The normalized spacial score (nSPS) is 29.7. The summed E-state index contributed by atoms with van der Waals surface area (Å²) in [6.07, 6.45) is -2.50. The zero-order chi connectivity index (χ0) is 22.4. The van der Waals surface area contributed by atoms with Crippen molar-refractivity contribution in [2.75, 3.05) is 14.2 Å². The summed E-state index contributed by atoms with van der Waals surface area (Å²) < 4.78 is 40.3. The van der Waals surface area contributed by atoms with E-state index >= 15 is 0 Å². The number of hydrogen-bond donors (Lipinski definition) is 0. The van der Waals surface area contributed by atoms with Crippen LogP contribution in [0.4, 0.5) is 0 Å². The summed E-state index contributed by atoms with van der Waals surface area (Å²) in [6, 6.07) is 2.50. The quantitative estimate of drug-likeness (QED) is 0.716. The highest BCUT2D eigenvalue weighted by molar-refractivity contribution is 5.40. The highest BCUT2D eigenvalue weighted by Crippen LogP contribution is 2.48. The van der Waals surface area contributed by atoms with Gasteiger partial charge in [0.05, 0.1) is 49.7 Å². The van der Waals surface area contributed by atoms with Gasteiger partial charge in [-0.2, -0.15) is 0 Å². The molecule has 2 aromatic heterocycles. The van der Waals surface area contributed by atoms with E-state index in [4.69, 9.17) is 32.5 Å². The molecule has 9 heteroatoms. The molecule has 0 bridgehead atoms. The molecule has 0 saturated heterocycles. The molecule has 9 nitrogen and oxygen atoms in total. The second-order valence-corrected chi connectivity index (χ2v) is 7.88. The molecule has 2 aliphatic rings. The first kappa shape index (κ1) is 21.6. The third kappa shape index (κ3) is 3.66. The molecule has 0 unspecified atom stereocenters. The van der Waals surface area contributed by atoms with Gasteiger partial charge in [-0.1, -0.05) is 13.8 Å². The van der Waals surface area contributed by atoms with Gasteiger partial charge in [-0.05, 0) is 13.8 Å². The molecule has 4 heterocycles. The third-order valence-electron chi connectivity index (χ3n) is 6.05. The van der Waals surface area contributed by atoms with E-state index < -0.39 is 23.8 Å². The molecule has 0 aromatic carbocycles. The van der Waals surface area contributed by atoms with Gasteiger partial charge in [-0.25, -0.2) is 9.59 Å². The molecule has 0 fully saturated rings. The summed E-state index contributed by atoms with van der Waals surface area (Å²) >= 11 is 0. The van der Waals surface area contributed by atoms with Crippen LogP contribution >= 0.6 is 0 Å². The van der Waals surface area contributed by atoms with Gasteiger partial charge in [-0.15, -0.1) is 0 Å². The molecule has 4 rings (SSSR count). The smallest absolute Gasteiger partial charge is 0.339 e. The second kappa shape index (κ2) is 8.14. The van der Waals surface area contributed by atoms with Crippen molar-refractivity contribution in [1.29, 1.82) is 0 Å². The Labute approximate surface area is 178 Å². The Morgan fingerprint density at radius 2 is 1.10 bits per heavy atom. The van der Waals surface area contributed by atoms with Gasteiger partial charge in [0.2, 0.25) is 0 Å². The van der Waals surface area contributed by atoms with Crippen LogP contribution in [0.5, 0.6) is 11.5 Å². The fourth-order valence-corrected chi connectivity index (χ4v) is 3.98. The largest absolute Gasteiger partial charge is 0.496 e. The fourth-order valence-electron chi connectivity index (χ4n) is 3.98. The van der Waals surface area contributed by atoms with Crippen molar-refractivity contribution in [3.8, 4) is 11.5 Å². The van der Waals surface area contributed by atoms with E-state index in [0.29, 0.717) is 34.1 Å². The van der Waals surface area contributed by atoms with Crippen molar-refractivity contribution < 1.29 is 32.5 Å². The van der Waals surface area contributed by atoms with Crippen molar-refractivity contribution in [3.63, 3.8) is 0 Å². The highest BCUT2D eigenvalue weighted by Gasteiger charge is 2.42. The standard InChI is InChI=1S/C22H26O9/c1-9-11(3)27-21(17-13(25-5)7-15(23)29-19(9)17)31-22-18-14(26-6)8-16(24)30-20(18)10(2)12(4)28-22/h7-12,21-22H,1-6H3/t9-,10+,11-,12-,21-,22-/m0/s1. The van der Waals surface area contributed by atoms with E-state index in [1.165, 1.54) is 26.4 Å². The van der Waals surface area contributed by atoms with Crippen LogP contribution in [0, 0.1) is 0 Å². The van der Waals surface area contributed by atoms with Crippen molar-refractivity contribution in [1.82, 2.24) is 0 Å². The van der Waals surface area contributed by atoms with E-state index in [0.717, 1.165) is 0 Å². The molecule has 0 saturated carbocycles. The summed E-state index contributed by atoms with van der Waals surface area (Å²) in [7, 11) is 2.92. The van der Waals surface area contributed by atoms with Crippen LogP contribution in [0.3, 0.4) is 0 Å². The van der Waals surface area contributed by atoms with E-state index in [1.807, 2.05) is 27.7 Å². The summed E-state index contributed by atoms with van der Waals surface area (Å²) in [5.41, 5.74) is -0.0538. The lowest BCUT2D eigenvalue weighted by Gasteiger charge is -2.39. The lowest BCUT2D eigenvalue weighted by molar-refractivity contribution is -0.289. The van der Waals surface area contributed by atoms with Crippen LogP contribution in [-0.4, -0.2) is 26.4 Å². The summed E-state index contributed by atoms with van der Waals surface area (Å²) in [5, 5.41) is 0. The van der Waals surface area contributed by atoms with Gasteiger partial charge in [0.1, 0.15) is 23.0 Å². The monoisotopic (exact) mass is 434 g/mol. The zero-order valence-corrected chi connectivity index (χ0v) is 18.3. The molecule has 0 amide bonds. The minimum absolute atomic E-state index is 0.191. The fraction of sp³-hybridized carbons (Fsp3) is 0.545. The number of methoxy groups -OCH3 is 2. The van der Waals surface area contributed by atoms with Gasteiger partial charge < -0.3 is 32.5 Å². The van der Waals surface area contributed by atoms with Crippen LogP contribution in [-0.2, 0) is 14.2 Å². The average molecular weight is 434 g/mol. The number of ether oxygens (including phenoxy) is 5. The highest BCUT2D eigenvalue weighted by atomic mass is 16.8. The Bertz CT molecular complexity index is 1000. The third-order valence-corrected chi connectivity index (χ3v) is 6.05. The molecule has 31 heavy (non-hydrogen) atoms. The van der Waals surface area contributed by atoms with Gasteiger partial charge in [0.25, 0.3) is 0 Å². The lowest BCUT2D eigenvalue weighted by atomic mass is 9.93. The SMILES string of the molecule is COc1cc(=O)oc2c1[C@H](O[C@@H]1O[C@@H](C)[C@@H](C)c3oc(=O)cc(OC)c31)O[C@@H](C)[C@@H]2C. The maximum atomic E-state index is 12.0. The minimum Gasteiger partial charge on any atom is -0.496 e. The summed E-state index contributed by atoms with van der Waals surface area (Å²) in [6.45, 7) is 7.53. The summed E-state index contributed by atoms with van der Waals surface area (Å²) in [5.74, 6) is 1.11. The molecule has 168 valence electrons. The lowest BCUT2D eigenvalue weighted by Crippen LogP contribution is -2.34. The maximum Gasteiger partial charge on any atom is 0.339 e. The van der Waals surface area contributed by atoms with Crippen LogP contribution in [0.15, 0.2) is 30.6 Å². The molecular formula is C22H26O9. The van der Waals surface area contributed by atoms with Crippen molar-refractivity contribution >= 4 is 0 Å². The van der Waals surface area contributed by atoms with Crippen LogP contribution < -0.4 is 20.7 Å². The molecule has 6 atom stereocenters. The molecule has 0 aliphatic carbocycles. The molecule has 0 radical (unpaired) electrons. The number of hydrogen-bond acceptors (Lipinski definition) is 9. The van der Waals surface area contributed by atoms with Gasteiger partial charge >= 0.3 is 11.3 Å². The number of rotatable bonds is 4. The average Bonchev–Trinajstić information content (AvgIpc) is 2.73. The predicted molar refractivity (Wildman–Crippen MR) is 108 cm³/mol. The Morgan fingerprint density at radius 3 is 1.45 bits per heavy atom. The van der Waals surface area contributed by atoms with Gasteiger partial charge in [0, 0.05) is 11.8 Å². The van der Waals surface area contributed by atoms with Crippen molar-refractivity contribution in [2.45, 2.75) is 64.3 Å². The van der Waals surface area contributed by atoms with E-state index in [1.54, 1.807) is 0 Å². The Hall–Kier alpha value is -2.62. The molecule has 0 N–H and O–H groups in total. The van der Waals surface area contributed by atoms with Crippen LogP contribution in [0.1, 0.15) is 74.8 Å². The topological polar surface area (TPSA) is 107 Å². The van der Waals surface area contributed by atoms with E-state index in [-0.39, 0.29) is 24.0 Å². The molecular weight excluding hydrogens is 408 g/mol. The molecule has 0 spiro atoms. The first-order valence-electron chi connectivity index (χ1n) is 10.1. The van der Waals surface area contributed by atoms with Gasteiger partial charge in [-0.3, -0.25) is 0 Å². The Kier molecular flexibility index (Phi) is 5.67. The Balaban J connectivity index is 1.81. The molecule has 2 aromatic rings. The first-order valence-corrected chi connectivity index (χ1v) is 10.1. The first-order chi connectivity index (χ1) is 14.7. The second-order valence-electron chi connectivity index (χ2n) is 7.88. The predicted octanol–water partition coefficient (Wildman–Crippen LogP) is 3.37. The zero-order valence-electron chi connectivity index (χ0n) is 18.3. The number of fused-ring (bicyclic) bond motifs is 2. The Morgan fingerprint density at radius 1 is 0.710 bits per heavy atom. The van der Waals surface area contributed by atoms with Gasteiger partial charge in [0.15, 0.2) is 12.6 Å². The molecule has 2 aliphatic heterocycles. The van der Waals surface area contributed by atoms with Crippen LogP contribution in [0.2, 0.25) is 0 Å². The maximum absolute atomic E-state index is 12.0. The van der Waals surface area contributed by atoms with Crippen molar-refractivity contribution in [2.24, 2.45) is 0 Å². The van der Waals surface area contributed by atoms with E-state index in [9.17, 15) is 9.59 Å². The summed E-state index contributed by atoms with van der Waals surface area (Å²) in [4.78, 5) is 24.0. The minimum atomic E-state index is -0.949. The van der Waals surface area contributed by atoms with E-state index in [2.05, 4.69) is 0 Å². The van der Waals surface area contributed by atoms with Crippen LogP contribution in [0.25, 0.3) is 0 Å².